The molecular weight excluding hydrogens is 841 g/mol. The highest BCUT2D eigenvalue weighted by Gasteiger charge is 2.34. The first-order valence-corrected chi connectivity index (χ1v) is 31.4. The van der Waals surface area contributed by atoms with Gasteiger partial charge in [-0.15, -0.1) is 0 Å². The van der Waals surface area contributed by atoms with Gasteiger partial charge >= 0.3 is 0 Å². The normalized spacial score (nSPS) is 13.7. The van der Waals surface area contributed by atoms with Crippen molar-refractivity contribution in [1.29, 1.82) is 0 Å². The minimum Gasteiger partial charge on any atom is -0.388 e. The number of hydrogen-bond acceptors (Lipinski definition) is 6. The predicted molar refractivity (Wildman–Crippen MR) is 297 cm³/mol. The Balaban J connectivity index is 4.83. The SMILES string of the molecule is CCCCCCCCCCCCCCCCCCOC[C@@H](OCCCCCCCCCC)[C@@H](O)[C@H](O)[C@@H](COCCCCCCCCCCCCCCCCCC)OCCCCCCCCCC. The number of hydrogen-bond donors (Lipinski definition) is 2. The Kier molecular flexibility index (Phi) is 59.1. The summed E-state index contributed by atoms with van der Waals surface area (Å²) in [6, 6.07) is 0. The molecule has 6 heteroatoms. The Morgan fingerprint density at radius 3 is 0.574 bits per heavy atom. The quantitative estimate of drug-likeness (QED) is 0.0592. The fraction of sp³-hybridized carbons (Fsp3) is 1.00. The second-order valence-electron chi connectivity index (χ2n) is 21.5. The van der Waals surface area contributed by atoms with Crippen LogP contribution in [0.1, 0.15) is 336 Å². The second kappa shape index (κ2) is 59.3. The zero-order valence-corrected chi connectivity index (χ0v) is 47.0. The van der Waals surface area contributed by atoms with Crippen LogP contribution >= 0.6 is 0 Å². The van der Waals surface area contributed by atoms with E-state index >= 15 is 0 Å². The van der Waals surface area contributed by atoms with Gasteiger partial charge in [0.1, 0.15) is 24.4 Å². The molecule has 4 atom stereocenters. The van der Waals surface area contributed by atoms with E-state index in [2.05, 4.69) is 27.7 Å². The third kappa shape index (κ3) is 50.7. The molecule has 0 heterocycles. The molecule has 0 saturated carbocycles. The van der Waals surface area contributed by atoms with Crippen molar-refractivity contribution in [2.75, 3.05) is 39.6 Å². The van der Waals surface area contributed by atoms with Gasteiger partial charge in [-0.1, -0.05) is 310 Å². The summed E-state index contributed by atoms with van der Waals surface area (Å²) in [5.74, 6) is 0. The summed E-state index contributed by atoms with van der Waals surface area (Å²) >= 11 is 0. The van der Waals surface area contributed by atoms with Gasteiger partial charge in [-0.05, 0) is 25.7 Å². The van der Waals surface area contributed by atoms with Gasteiger partial charge in [0.2, 0.25) is 0 Å². The number of ether oxygens (including phenoxy) is 4. The van der Waals surface area contributed by atoms with Crippen LogP contribution in [0.25, 0.3) is 0 Å². The van der Waals surface area contributed by atoms with Crippen LogP contribution in [0.2, 0.25) is 0 Å². The average molecular weight is 968 g/mol. The van der Waals surface area contributed by atoms with Crippen LogP contribution in [-0.2, 0) is 18.9 Å². The lowest BCUT2D eigenvalue weighted by Crippen LogP contribution is -2.50. The Morgan fingerprint density at radius 1 is 0.221 bits per heavy atom. The molecule has 6 nitrogen and oxygen atoms in total. The fourth-order valence-corrected chi connectivity index (χ4v) is 9.78. The van der Waals surface area contributed by atoms with E-state index in [9.17, 15) is 10.2 Å². The van der Waals surface area contributed by atoms with Crippen molar-refractivity contribution >= 4 is 0 Å². The molecule has 0 rings (SSSR count). The number of rotatable bonds is 61. The first-order chi connectivity index (χ1) is 33.6. The largest absolute Gasteiger partial charge is 0.388 e. The minimum atomic E-state index is -1.10. The summed E-state index contributed by atoms with van der Waals surface area (Å²) in [7, 11) is 0. The molecule has 0 radical (unpaired) electrons. The molecule has 0 amide bonds. The van der Waals surface area contributed by atoms with Gasteiger partial charge in [-0.3, -0.25) is 0 Å². The van der Waals surface area contributed by atoms with Gasteiger partial charge in [0.15, 0.2) is 0 Å². The molecule has 0 unspecified atom stereocenters. The van der Waals surface area contributed by atoms with E-state index in [0.29, 0.717) is 39.6 Å². The highest BCUT2D eigenvalue weighted by molar-refractivity contribution is 4.83. The molecule has 2 N–H and O–H groups in total. The Bertz CT molecular complexity index is 817. The van der Waals surface area contributed by atoms with E-state index in [4.69, 9.17) is 18.9 Å². The third-order valence-corrected chi connectivity index (χ3v) is 14.6. The Morgan fingerprint density at radius 2 is 0.382 bits per heavy atom. The van der Waals surface area contributed by atoms with Crippen LogP contribution in [0, 0.1) is 0 Å². The first-order valence-electron chi connectivity index (χ1n) is 31.4. The molecule has 0 spiro atoms. The lowest BCUT2D eigenvalue weighted by atomic mass is 10.0. The predicted octanol–water partition coefficient (Wildman–Crippen LogP) is 19.3. The highest BCUT2D eigenvalue weighted by Crippen LogP contribution is 2.19. The molecule has 0 saturated heterocycles. The average Bonchev–Trinajstić information content (AvgIpc) is 3.35. The molecule has 0 aliphatic carbocycles. The standard InChI is InChI=1S/C62H126O6/c1-5-9-13-17-21-25-27-29-31-33-35-37-39-41-45-49-53-65-57-59(67-55-51-47-43-23-19-15-11-7-3)61(63)62(64)60(68-56-52-48-44-24-20-16-12-8-4)58-66-54-50-46-42-40-38-36-34-32-30-28-26-22-18-14-10-6-2/h59-64H,5-58H2,1-4H3/t59-,60-,61-,62-/m1/s1. The van der Waals surface area contributed by atoms with Crippen LogP contribution in [0.3, 0.4) is 0 Å². The molecular formula is C62H126O6. The van der Waals surface area contributed by atoms with Crippen LogP contribution in [-0.4, -0.2) is 74.3 Å². The maximum atomic E-state index is 11.7. The Hall–Kier alpha value is -0.240. The maximum Gasteiger partial charge on any atom is 0.111 e. The zero-order chi connectivity index (χ0) is 49.3. The van der Waals surface area contributed by atoms with E-state index in [-0.39, 0.29) is 0 Å². The van der Waals surface area contributed by atoms with Crippen molar-refractivity contribution in [3.63, 3.8) is 0 Å². The van der Waals surface area contributed by atoms with Crippen molar-refractivity contribution in [2.24, 2.45) is 0 Å². The van der Waals surface area contributed by atoms with E-state index in [1.807, 2.05) is 0 Å². The van der Waals surface area contributed by atoms with Gasteiger partial charge in [0.05, 0.1) is 13.2 Å². The summed E-state index contributed by atoms with van der Waals surface area (Å²) in [6.07, 6.45) is 59.6. The molecule has 0 aliphatic heterocycles. The fourth-order valence-electron chi connectivity index (χ4n) is 9.78. The summed E-state index contributed by atoms with van der Waals surface area (Å²) in [4.78, 5) is 0. The molecule has 0 aliphatic rings. The first kappa shape index (κ1) is 67.8. The van der Waals surface area contributed by atoms with Gasteiger partial charge in [-0.2, -0.15) is 0 Å². The summed E-state index contributed by atoms with van der Waals surface area (Å²) < 4.78 is 25.1. The van der Waals surface area contributed by atoms with Crippen LogP contribution < -0.4 is 0 Å². The smallest absolute Gasteiger partial charge is 0.111 e. The maximum absolute atomic E-state index is 11.7. The van der Waals surface area contributed by atoms with Crippen LogP contribution in [0.5, 0.6) is 0 Å². The lowest BCUT2D eigenvalue weighted by molar-refractivity contribution is -0.163. The van der Waals surface area contributed by atoms with E-state index in [1.54, 1.807) is 0 Å². The van der Waals surface area contributed by atoms with E-state index in [1.165, 1.54) is 270 Å². The van der Waals surface area contributed by atoms with Crippen molar-refractivity contribution in [3.05, 3.63) is 0 Å². The molecule has 0 fully saturated rings. The van der Waals surface area contributed by atoms with Crippen molar-refractivity contribution in [2.45, 2.75) is 360 Å². The van der Waals surface area contributed by atoms with Gasteiger partial charge in [0.25, 0.3) is 0 Å². The molecule has 0 aromatic carbocycles. The number of aliphatic hydroxyl groups excluding tert-OH is 2. The van der Waals surface area contributed by atoms with Crippen molar-refractivity contribution < 1.29 is 29.2 Å². The second-order valence-corrected chi connectivity index (χ2v) is 21.5. The number of aliphatic hydroxyl groups is 2. The summed E-state index contributed by atoms with van der Waals surface area (Å²) in [5, 5.41) is 23.4. The van der Waals surface area contributed by atoms with Crippen molar-refractivity contribution in [3.8, 4) is 0 Å². The molecule has 0 bridgehead atoms. The van der Waals surface area contributed by atoms with E-state index < -0.39 is 24.4 Å². The number of unbranched alkanes of at least 4 members (excludes halogenated alkanes) is 44. The molecule has 410 valence electrons. The third-order valence-electron chi connectivity index (χ3n) is 14.6. The molecule has 0 aromatic rings. The van der Waals surface area contributed by atoms with Gasteiger partial charge in [0, 0.05) is 26.4 Å². The minimum absolute atomic E-state index is 0.290. The van der Waals surface area contributed by atoms with Crippen molar-refractivity contribution in [1.82, 2.24) is 0 Å². The van der Waals surface area contributed by atoms with E-state index in [0.717, 1.165) is 38.5 Å². The Labute approximate surface area is 427 Å². The zero-order valence-electron chi connectivity index (χ0n) is 47.0. The van der Waals surface area contributed by atoms with Gasteiger partial charge in [-0.25, -0.2) is 0 Å². The lowest BCUT2D eigenvalue weighted by Gasteiger charge is -2.32. The van der Waals surface area contributed by atoms with Crippen LogP contribution in [0.15, 0.2) is 0 Å². The summed E-state index contributed by atoms with van der Waals surface area (Å²) in [5.41, 5.74) is 0. The monoisotopic (exact) mass is 967 g/mol. The molecule has 68 heavy (non-hydrogen) atoms. The molecule has 0 aromatic heterocycles. The van der Waals surface area contributed by atoms with Crippen LogP contribution in [0.4, 0.5) is 0 Å². The topological polar surface area (TPSA) is 77.4 Å². The highest BCUT2D eigenvalue weighted by atomic mass is 16.6. The van der Waals surface area contributed by atoms with Gasteiger partial charge < -0.3 is 29.2 Å². The summed E-state index contributed by atoms with van der Waals surface area (Å²) in [6.45, 7) is 12.2.